The Kier molecular flexibility index (Phi) is 4.85. The molecule has 0 fully saturated rings. The number of hydrogen-bond donors (Lipinski definition) is 3. The molecule has 0 aliphatic rings. The summed E-state index contributed by atoms with van der Waals surface area (Å²) in [7, 11) is 0. The van der Waals surface area contributed by atoms with E-state index in [2.05, 4.69) is 26.6 Å². The van der Waals surface area contributed by atoms with Gasteiger partial charge in [-0.3, -0.25) is 4.79 Å². The van der Waals surface area contributed by atoms with Crippen molar-refractivity contribution in [2.24, 2.45) is 0 Å². The van der Waals surface area contributed by atoms with Crippen LogP contribution in [0.4, 0.5) is 17.1 Å². The molecule has 4 N–H and O–H groups in total. The van der Waals surface area contributed by atoms with Gasteiger partial charge in [-0.05, 0) is 65.7 Å². The van der Waals surface area contributed by atoms with Crippen LogP contribution >= 0.6 is 15.9 Å². The Labute approximate surface area is 132 Å². The van der Waals surface area contributed by atoms with E-state index in [-0.39, 0.29) is 5.91 Å². The fraction of sp³-hybridized carbons (Fsp3) is 0.188. The van der Waals surface area contributed by atoms with Crippen LogP contribution < -0.4 is 16.4 Å². The number of halogens is 1. The molecule has 1 amide bonds. The van der Waals surface area contributed by atoms with Crippen LogP contribution in [0.2, 0.25) is 0 Å². The zero-order valence-corrected chi connectivity index (χ0v) is 13.6. The van der Waals surface area contributed by atoms with Gasteiger partial charge < -0.3 is 16.4 Å². The predicted molar refractivity (Wildman–Crippen MR) is 91.0 cm³/mol. The number of nitrogen functional groups attached to an aromatic ring is 1. The minimum absolute atomic E-state index is 0.108. The van der Waals surface area contributed by atoms with Crippen LogP contribution in [0, 0.1) is 6.92 Å². The maximum Gasteiger partial charge on any atom is 0.251 e. The zero-order valence-electron chi connectivity index (χ0n) is 12.0. The van der Waals surface area contributed by atoms with Gasteiger partial charge in [0.1, 0.15) is 0 Å². The van der Waals surface area contributed by atoms with Gasteiger partial charge in [0.2, 0.25) is 0 Å². The molecule has 0 spiro atoms. The summed E-state index contributed by atoms with van der Waals surface area (Å²) >= 11 is 3.52. The van der Waals surface area contributed by atoms with Crippen molar-refractivity contribution in [3.8, 4) is 0 Å². The Bertz CT molecular complexity index is 671. The first-order valence-electron chi connectivity index (χ1n) is 6.72. The summed E-state index contributed by atoms with van der Waals surface area (Å²) in [6.45, 7) is 4.51. The second-order valence-electron chi connectivity index (χ2n) is 4.77. The molecule has 2 aromatic rings. The molecule has 0 aromatic heterocycles. The molecule has 110 valence electrons. The number of rotatable bonds is 4. The molecule has 0 unspecified atom stereocenters. The van der Waals surface area contributed by atoms with Gasteiger partial charge in [-0.15, -0.1) is 0 Å². The molecule has 21 heavy (non-hydrogen) atoms. The molecule has 0 radical (unpaired) electrons. The molecule has 2 rings (SSSR count). The average molecular weight is 348 g/mol. The van der Waals surface area contributed by atoms with Gasteiger partial charge in [0.05, 0.1) is 17.1 Å². The van der Waals surface area contributed by atoms with Crippen molar-refractivity contribution in [3.63, 3.8) is 0 Å². The molecule has 0 saturated carbocycles. The van der Waals surface area contributed by atoms with Crippen LogP contribution in [0.25, 0.3) is 0 Å². The number of benzene rings is 2. The predicted octanol–water partition coefficient (Wildman–Crippen LogP) is 3.83. The van der Waals surface area contributed by atoms with Gasteiger partial charge in [-0.2, -0.15) is 0 Å². The molecule has 0 aliphatic carbocycles. The average Bonchev–Trinajstić information content (AvgIpc) is 2.44. The van der Waals surface area contributed by atoms with Crippen LogP contribution in [0.1, 0.15) is 22.8 Å². The second-order valence-corrected chi connectivity index (χ2v) is 5.62. The van der Waals surface area contributed by atoms with Gasteiger partial charge in [0.25, 0.3) is 5.91 Å². The number of nitrogens with one attached hydrogen (secondary N) is 2. The Balaban J connectivity index is 2.30. The van der Waals surface area contributed by atoms with Crippen molar-refractivity contribution in [1.82, 2.24) is 5.32 Å². The highest BCUT2D eigenvalue weighted by atomic mass is 79.9. The summed E-state index contributed by atoms with van der Waals surface area (Å²) in [6, 6.07) is 11.2. The van der Waals surface area contributed by atoms with E-state index >= 15 is 0 Å². The normalized spacial score (nSPS) is 10.2. The Morgan fingerprint density at radius 1 is 1.19 bits per heavy atom. The lowest BCUT2D eigenvalue weighted by Gasteiger charge is -2.13. The number of aryl methyl sites for hydroxylation is 1. The van der Waals surface area contributed by atoms with Crippen LogP contribution in [0.5, 0.6) is 0 Å². The number of amides is 1. The summed E-state index contributed by atoms with van der Waals surface area (Å²) in [6.07, 6.45) is 0. The fourth-order valence-electron chi connectivity index (χ4n) is 1.93. The lowest BCUT2D eigenvalue weighted by Crippen LogP contribution is -2.22. The summed E-state index contributed by atoms with van der Waals surface area (Å²) in [4.78, 5) is 11.9. The van der Waals surface area contributed by atoms with Gasteiger partial charge in [-0.1, -0.05) is 6.07 Å². The monoisotopic (exact) mass is 347 g/mol. The van der Waals surface area contributed by atoms with E-state index in [9.17, 15) is 4.79 Å². The number of nitrogens with two attached hydrogens (primary N) is 1. The van der Waals surface area contributed by atoms with E-state index in [1.807, 2.05) is 32.0 Å². The quantitative estimate of drug-likeness (QED) is 0.736. The van der Waals surface area contributed by atoms with Crippen LogP contribution in [-0.4, -0.2) is 12.5 Å². The lowest BCUT2D eigenvalue weighted by atomic mass is 10.1. The van der Waals surface area contributed by atoms with Crippen molar-refractivity contribution in [3.05, 3.63) is 52.0 Å². The molecule has 0 saturated heterocycles. The van der Waals surface area contributed by atoms with Crippen LogP contribution in [0.15, 0.2) is 40.9 Å². The molecule has 0 bridgehead atoms. The van der Waals surface area contributed by atoms with E-state index in [0.29, 0.717) is 23.5 Å². The Morgan fingerprint density at radius 2 is 1.95 bits per heavy atom. The van der Waals surface area contributed by atoms with Crippen LogP contribution in [-0.2, 0) is 0 Å². The largest absolute Gasteiger partial charge is 0.397 e. The van der Waals surface area contributed by atoms with E-state index in [1.165, 1.54) is 0 Å². The molecule has 4 nitrogen and oxygen atoms in total. The molecule has 5 heteroatoms. The highest BCUT2D eigenvalue weighted by Crippen LogP contribution is 2.30. The summed E-state index contributed by atoms with van der Waals surface area (Å²) in [5, 5.41) is 6.03. The van der Waals surface area contributed by atoms with Gasteiger partial charge >= 0.3 is 0 Å². The van der Waals surface area contributed by atoms with E-state index in [0.717, 1.165) is 15.7 Å². The third kappa shape index (κ3) is 3.76. The van der Waals surface area contributed by atoms with Gasteiger partial charge in [-0.25, -0.2) is 0 Å². The first-order valence-corrected chi connectivity index (χ1v) is 7.51. The maximum absolute atomic E-state index is 11.9. The number of carbonyl (C=O) groups excluding carboxylic acids is 1. The van der Waals surface area contributed by atoms with E-state index in [4.69, 9.17) is 5.73 Å². The molecular formula is C16H18BrN3O. The number of anilines is 3. The standard InChI is InChI=1S/C16H18BrN3O/c1-3-19-16(21)11-5-6-13(18)15(9-11)20-14-7-4-10(2)8-12(14)17/h4-9,20H,3,18H2,1-2H3,(H,19,21). The number of hydrogen-bond acceptors (Lipinski definition) is 3. The highest BCUT2D eigenvalue weighted by Gasteiger charge is 2.09. The third-order valence-corrected chi connectivity index (χ3v) is 3.70. The highest BCUT2D eigenvalue weighted by molar-refractivity contribution is 9.10. The molecular weight excluding hydrogens is 330 g/mol. The van der Waals surface area contributed by atoms with E-state index in [1.54, 1.807) is 18.2 Å². The summed E-state index contributed by atoms with van der Waals surface area (Å²) in [5.41, 5.74) is 9.93. The maximum atomic E-state index is 11.9. The lowest BCUT2D eigenvalue weighted by molar-refractivity contribution is 0.0956. The molecule has 0 atom stereocenters. The minimum atomic E-state index is -0.108. The number of carbonyl (C=O) groups is 1. The summed E-state index contributed by atoms with van der Waals surface area (Å²) in [5.74, 6) is -0.108. The van der Waals surface area contributed by atoms with Crippen molar-refractivity contribution < 1.29 is 4.79 Å². The second kappa shape index (κ2) is 6.63. The molecule has 2 aromatic carbocycles. The minimum Gasteiger partial charge on any atom is -0.397 e. The first kappa shape index (κ1) is 15.4. The Morgan fingerprint density at radius 3 is 2.62 bits per heavy atom. The van der Waals surface area contributed by atoms with Crippen molar-refractivity contribution >= 4 is 38.9 Å². The van der Waals surface area contributed by atoms with Crippen molar-refractivity contribution in [1.29, 1.82) is 0 Å². The Hall–Kier alpha value is -2.01. The topological polar surface area (TPSA) is 67.2 Å². The van der Waals surface area contributed by atoms with Crippen LogP contribution in [0.3, 0.4) is 0 Å². The van der Waals surface area contributed by atoms with Crippen molar-refractivity contribution in [2.75, 3.05) is 17.6 Å². The third-order valence-electron chi connectivity index (χ3n) is 3.05. The molecule has 0 aliphatic heterocycles. The smallest absolute Gasteiger partial charge is 0.251 e. The summed E-state index contributed by atoms with van der Waals surface area (Å²) < 4.78 is 0.949. The SMILES string of the molecule is CCNC(=O)c1ccc(N)c(Nc2ccc(C)cc2Br)c1. The fourth-order valence-corrected chi connectivity index (χ4v) is 2.53. The van der Waals surface area contributed by atoms with E-state index < -0.39 is 0 Å². The first-order chi connectivity index (χ1) is 10.0. The molecule has 0 heterocycles. The van der Waals surface area contributed by atoms with Gasteiger partial charge in [0.15, 0.2) is 0 Å². The van der Waals surface area contributed by atoms with Crippen molar-refractivity contribution in [2.45, 2.75) is 13.8 Å². The van der Waals surface area contributed by atoms with Gasteiger partial charge in [0, 0.05) is 16.6 Å². The zero-order chi connectivity index (χ0) is 15.4.